The summed E-state index contributed by atoms with van der Waals surface area (Å²) in [5.41, 5.74) is -1.57. The number of benzene rings is 1. The number of alkyl halides is 3. The summed E-state index contributed by atoms with van der Waals surface area (Å²) in [5, 5.41) is 10.7. The molecule has 0 aliphatic carbocycles. The minimum absolute atomic E-state index is 0.232. The Balaban J connectivity index is 3.10. The quantitative estimate of drug-likeness (QED) is 0.443. The summed E-state index contributed by atoms with van der Waals surface area (Å²) >= 11 is 5.49. The van der Waals surface area contributed by atoms with Crippen LogP contribution >= 0.6 is 11.6 Å². The van der Waals surface area contributed by atoms with Gasteiger partial charge in [0, 0.05) is 10.6 Å². The molecular weight excluding hydrogens is 219 g/mol. The monoisotopic (exact) mass is 223 g/mol. The van der Waals surface area contributed by atoms with Crippen LogP contribution in [0.5, 0.6) is 0 Å². The Morgan fingerprint density at radius 1 is 1.21 bits per heavy atom. The van der Waals surface area contributed by atoms with Crippen LogP contribution in [0.4, 0.5) is 13.2 Å². The lowest BCUT2D eigenvalue weighted by Crippen LogP contribution is -2.23. The van der Waals surface area contributed by atoms with Crippen molar-refractivity contribution in [2.24, 2.45) is 5.16 Å². The van der Waals surface area contributed by atoms with Crippen LogP contribution in [0.3, 0.4) is 0 Å². The molecule has 0 saturated carbocycles. The maximum absolute atomic E-state index is 12.2. The van der Waals surface area contributed by atoms with E-state index in [-0.39, 0.29) is 5.56 Å². The molecule has 1 rings (SSSR count). The molecule has 6 heteroatoms. The normalized spacial score (nSPS) is 13.0. The summed E-state index contributed by atoms with van der Waals surface area (Å²) in [6.07, 6.45) is -4.68. The first kappa shape index (κ1) is 10.8. The molecule has 0 bridgehead atoms. The molecule has 1 aromatic rings. The number of rotatable bonds is 1. The van der Waals surface area contributed by atoms with Crippen molar-refractivity contribution in [2.45, 2.75) is 6.18 Å². The number of hydrogen-bond acceptors (Lipinski definition) is 2. The molecule has 14 heavy (non-hydrogen) atoms. The Kier molecular flexibility index (Phi) is 3.00. The van der Waals surface area contributed by atoms with Gasteiger partial charge in [-0.3, -0.25) is 0 Å². The summed E-state index contributed by atoms with van der Waals surface area (Å²) in [4.78, 5) is 0. The van der Waals surface area contributed by atoms with Gasteiger partial charge in [0.25, 0.3) is 0 Å². The van der Waals surface area contributed by atoms with Crippen molar-refractivity contribution in [3.05, 3.63) is 34.9 Å². The van der Waals surface area contributed by atoms with E-state index >= 15 is 0 Å². The predicted molar refractivity (Wildman–Crippen MR) is 45.8 cm³/mol. The van der Waals surface area contributed by atoms with E-state index in [9.17, 15) is 13.2 Å². The number of nitrogens with zero attached hydrogens (tertiary/aromatic N) is 1. The van der Waals surface area contributed by atoms with E-state index in [0.29, 0.717) is 5.02 Å². The van der Waals surface area contributed by atoms with Gasteiger partial charge in [0.2, 0.25) is 0 Å². The molecule has 0 spiro atoms. The van der Waals surface area contributed by atoms with E-state index in [2.05, 4.69) is 5.16 Å². The van der Waals surface area contributed by atoms with Crippen LogP contribution in [-0.2, 0) is 0 Å². The molecule has 0 fully saturated rings. The van der Waals surface area contributed by atoms with Crippen LogP contribution in [0.25, 0.3) is 0 Å². The largest absolute Gasteiger partial charge is 0.437 e. The molecule has 0 aromatic heterocycles. The van der Waals surface area contributed by atoms with E-state index in [4.69, 9.17) is 16.8 Å². The molecule has 1 aromatic carbocycles. The zero-order valence-electron chi connectivity index (χ0n) is 6.72. The van der Waals surface area contributed by atoms with Crippen molar-refractivity contribution in [1.29, 1.82) is 0 Å². The average Bonchev–Trinajstić information content (AvgIpc) is 2.07. The SMILES string of the molecule is ON=C(c1ccc(Cl)cc1)C(F)(F)F. The molecule has 0 atom stereocenters. The van der Waals surface area contributed by atoms with Crippen molar-refractivity contribution in [2.75, 3.05) is 0 Å². The first-order valence-electron chi connectivity index (χ1n) is 3.50. The maximum atomic E-state index is 12.2. The van der Waals surface area contributed by atoms with E-state index in [1.807, 2.05) is 0 Å². The molecule has 2 nitrogen and oxygen atoms in total. The standard InChI is InChI=1S/C8H5ClF3NO/c9-6-3-1-5(2-4-6)7(13-14)8(10,11)12/h1-4,14H. The second-order valence-corrected chi connectivity index (χ2v) is 2.89. The lowest BCUT2D eigenvalue weighted by atomic mass is 10.1. The number of oxime groups is 1. The fourth-order valence-corrected chi connectivity index (χ4v) is 1.01. The maximum Gasteiger partial charge on any atom is 0.437 e. The van der Waals surface area contributed by atoms with Gasteiger partial charge in [-0.1, -0.05) is 28.9 Å². The molecule has 0 amide bonds. The fourth-order valence-electron chi connectivity index (χ4n) is 0.886. The summed E-state index contributed by atoms with van der Waals surface area (Å²) in [7, 11) is 0. The van der Waals surface area contributed by atoms with Gasteiger partial charge in [-0.2, -0.15) is 13.2 Å². The zero-order valence-corrected chi connectivity index (χ0v) is 7.47. The highest BCUT2D eigenvalue weighted by molar-refractivity contribution is 6.30. The van der Waals surface area contributed by atoms with Crippen LogP contribution in [-0.4, -0.2) is 17.1 Å². The van der Waals surface area contributed by atoms with Crippen molar-refractivity contribution in [3.63, 3.8) is 0 Å². The number of hydrogen-bond donors (Lipinski definition) is 1. The third kappa shape index (κ3) is 2.38. The second-order valence-electron chi connectivity index (χ2n) is 2.45. The zero-order chi connectivity index (χ0) is 10.8. The lowest BCUT2D eigenvalue weighted by molar-refractivity contribution is -0.0601. The molecule has 1 N–H and O–H groups in total. The Morgan fingerprint density at radius 3 is 2.07 bits per heavy atom. The molecule has 0 unspecified atom stereocenters. The van der Waals surface area contributed by atoms with Crippen molar-refractivity contribution < 1.29 is 18.4 Å². The van der Waals surface area contributed by atoms with Crippen LogP contribution in [0.15, 0.2) is 29.4 Å². The highest BCUT2D eigenvalue weighted by Gasteiger charge is 2.37. The lowest BCUT2D eigenvalue weighted by Gasteiger charge is -2.07. The second kappa shape index (κ2) is 3.88. The average molecular weight is 224 g/mol. The van der Waals surface area contributed by atoms with E-state index < -0.39 is 11.9 Å². The molecule has 76 valence electrons. The third-order valence-corrected chi connectivity index (χ3v) is 1.74. The van der Waals surface area contributed by atoms with Crippen LogP contribution < -0.4 is 0 Å². The van der Waals surface area contributed by atoms with Gasteiger partial charge in [0.1, 0.15) is 0 Å². The molecule has 0 heterocycles. The van der Waals surface area contributed by atoms with E-state index in [0.717, 1.165) is 12.1 Å². The van der Waals surface area contributed by atoms with E-state index in [1.165, 1.54) is 12.1 Å². The predicted octanol–water partition coefficient (Wildman–Crippen LogP) is 3.08. The van der Waals surface area contributed by atoms with Crippen molar-refractivity contribution in [1.82, 2.24) is 0 Å². The molecular formula is C8H5ClF3NO. The van der Waals surface area contributed by atoms with Crippen molar-refractivity contribution in [3.8, 4) is 0 Å². The molecule has 0 aliphatic heterocycles. The highest BCUT2D eigenvalue weighted by Crippen LogP contribution is 2.23. The van der Waals surface area contributed by atoms with Gasteiger partial charge in [-0.25, -0.2) is 0 Å². The summed E-state index contributed by atoms with van der Waals surface area (Å²) < 4.78 is 36.5. The van der Waals surface area contributed by atoms with Crippen LogP contribution in [0.2, 0.25) is 5.02 Å². The van der Waals surface area contributed by atoms with Gasteiger partial charge in [-0.05, 0) is 12.1 Å². The van der Waals surface area contributed by atoms with E-state index in [1.54, 1.807) is 0 Å². The summed E-state index contributed by atoms with van der Waals surface area (Å²) in [6.45, 7) is 0. The molecule has 0 aliphatic rings. The topological polar surface area (TPSA) is 32.6 Å². The fraction of sp³-hybridized carbons (Fsp3) is 0.125. The summed E-state index contributed by atoms with van der Waals surface area (Å²) in [6, 6.07) is 4.83. The summed E-state index contributed by atoms with van der Waals surface area (Å²) in [5.74, 6) is 0. The third-order valence-electron chi connectivity index (χ3n) is 1.49. The van der Waals surface area contributed by atoms with Crippen LogP contribution in [0, 0.1) is 0 Å². The van der Waals surface area contributed by atoms with Gasteiger partial charge in [0.05, 0.1) is 0 Å². The Labute approximate surface area is 82.6 Å². The first-order valence-corrected chi connectivity index (χ1v) is 3.88. The van der Waals surface area contributed by atoms with Gasteiger partial charge >= 0.3 is 6.18 Å². The first-order chi connectivity index (χ1) is 6.45. The molecule has 0 radical (unpaired) electrons. The Bertz CT molecular complexity index is 345. The Hall–Kier alpha value is -1.23. The van der Waals surface area contributed by atoms with Gasteiger partial charge in [0.15, 0.2) is 5.71 Å². The Morgan fingerprint density at radius 2 is 1.71 bits per heavy atom. The minimum Gasteiger partial charge on any atom is -0.410 e. The van der Waals surface area contributed by atoms with Crippen molar-refractivity contribution >= 4 is 17.3 Å². The highest BCUT2D eigenvalue weighted by atomic mass is 35.5. The van der Waals surface area contributed by atoms with Gasteiger partial charge < -0.3 is 5.21 Å². The smallest absolute Gasteiger partial charge is 0.410 e. The van der Waals surface area contributed by atoms with Gasteiger partial charge in [-0.15, -0.1) is 0 Å². The van der Waals surface area contributed by atoms with Crippen LogP contribution in [0.1, 0.15) is 5.56 Å². The number of halogens is 4. The molecule has 0 saturated heterocycles. The minimum atomic E-state index is -4.68.